The normalized spacial score (nSPS) is 43.4. The third-order valence-corrected chi connectivity index (χ3v) is 3.85. The number of rotatable bonds is 4. The molecule has 1 rings (SSSR count). The lowest BCUT2D eigenvalue weighted by Gasteiger charge is -2.55. The zero-order valence-electron chi connectivity index (χ0n) is 11.7. The van der Waals surface area contributed by atoms with Gasteiger partial charge >= 0.3 is 0 Å². The van der Waals surface area contributed by atoms with E-state index >= 15 is 0 Å². The first kappa shape index (κ1) is 17.8. The van der Waals surface area contributed by atoms with Crippen molar-refractivity contribution in [2.45, 2.75) is 50.0 Å². The number of carbonyl (C=O) groups excluding carboxylic acids is 3. The van der Waals surface area contributed by atoms with Crippen molar-refractivity contribution < 1.29 is 44.7 Å². The van der Waals surface area contributed by atoms with Gasteiger partial charge in [-0.15, -0.1) is 0 Å². The highest BCUT2D eigenvalue weighted by Gasteiger charge is 2.77. The van der Waals surface area contributed by atoms with Gasteiger partial charge < -0.3 is 30.3 Å². The molecule has 0 unspecified atom stereocenters. The molecule has 1 aliphatic heterocycles. The van der Waals surface area contributed by atoms with Gasteiger partial charge in [0, 0.05) is 6.92 Å². The highest BCUT2D eigenvalue weighted by Crippen LogP contribution is 2.45. The summed E-state index contributed by atoms with van der Waals surface area (Å²) >= 11 is 0. The van der Waals surface area contributed by atoms with Gasteiger partial charge in [0.2, 0.25) is 5.60 Å². The summed E-state index contributed by atoms with van der Waals surface area (Å²) in [6.07, 6.45) is -4.01. The minimum absolute atomic E-state index is 0.706. The predicted octanol–water partition coefficient (Wildman–Crippen LogP) is -3.34. The highest BCUT2D eigenvalue weighted by molar-refractivity contribution is 6.04. The molecule has 0 spiro atoms. The van der Waals surface area contributed by atoms with Crippen LogP contribution in [0.15, 0.2) is 0 Å². The first-order chi connectivity index (χ1) is 9.41. The minimum Gasteiger partial charge on any atom is -0.394 e. The summed E-state index contributed by atoms with van der Waals surface area (Å²) in [5.74, 6) is -7.24. The van der Waals surface area contributed by atoms with E-state index in [-0.39, 0.29) is 0 Å². The van der Waals surface area contributed by atoms with Crippen molar-refractivity contribution in [3.8, 4) is 0 Å². The van der Waals surface area contributed by atoms with Gasteiger partial charge in [-0.2, -0.15) is 0 Å². The van der Waals surface area contributed by atoms with Gasteiger partial charge in [-0.3, -0.25) is 14.4 Å². The van der Waals surface area contributed by atoms with Crippen LogP contribution in [0.2, 0.25) is 0 Å². The van der Waals surface area contributed by atoms with Crippen molar-refractivity contribution in [3.05, 3.63) is 0 Å². The number of Topliss-reactive ketones (excluding diaryl/α,β-unsaturated/α-hetero) is 3. The van der Waals surface area contributed by atoms with Gasteiger partial charge in [0.1, 0.15) is 12.2 Å². The molecule has 1 heterocycles. The second kappa shape index (κ2) is 5.20. The van der Waals surface area contributed by atoms with E-state index in [1.54, 1.807) is 0 Å². The van der Waals surface area contributed by atoms with Gasteiger partial charge in [-0.1, -0.05) is 0 Å². The van der Waals surface area contributed by atoms with Crippen molar-refractivity contribution in [3.63, 3.8) is 0 Å². The molecule has 0 aromatic rings. The molecule has 0 aliphatic carbocycles. The number of aliphatic hydroxyl groups is 5. The molecule has 0 amide bonds. The van der Waals surface area contributed by atoms with E-state index in [2.05, 4.69) is 0 Å². The maximum absolute atomic E-state index is 11.8. The summed E-state index contributed by atoms with van der Waals surface area (Å²) in [6, 6.07) is 0. The van der Waals surface area contributed by atoms with Crippen LogP contribution in [0.5, 0.6) is 0 Å². The van der Waals surface area contributed by atoms with E-state index < -0.39 is 53.2 Å². The molecular formula is C12H18O9. The van der Waals surface area contributed by atoms with E-state index in [4.69, 9.17) is 9.84 Å². The van der Waals surface area contributed by atoms with E-state index in [9.17, 15) is 34.8 Å². The molecule has 120 valence electrons. The van der Waals surface area contributed by atoms with Crippen LogP contribution in [0.1, 0.15) is 20.8 Å². The first-order valence-corrected chi connectivity index (χ1v) is 6.08. The summed E-state index contributed by atoms with van der Waals surface area (Å²) in [5.41, 5.74) is -6.66. The Hall–Kier alpha value is -1.23. The lowest BCUT2D eigenvalue weighted by atomic mass is 9.64. The molecule has 0 saturated carbocycles. The Balaban J connectivity index is 3.74. The fraction of sp³-hybridized carbons (Fsp3) is 0.750. The van der Waals surface area contributed by atoms with Crippen molar-refractivity contribution in [2.24, 2.45) is 0 Å². The largest absolute Gasteiger partial charge is 0.394 e. The number of carbonyl (C=O) groups is 3. The molecule has 9 nitrogen and oxygen atoms in total. The second-order valence-corrected chi connectivity index (χ2v) is 5.07. The molecule has 0 aromatic heterocycles. The SMILES string of the molecule is CC(=O)[C@@]1(O)[C@@](O)(C(C)=O)O[C@H](CO)[C@H](O)[C@@]1(O)C(C)=O. The smallest absolute Gasteiger partial charge is 0.267 e. The fourth-order valence-electron chi connectivity index (χ4n) is 2.55. The standard InChI is InChI=1S/C12H18O9/c1-5(14)10(18)9(17)8(4-13)21-12(20,7(3)16)11(10,19)6(2)15/h8-9,13,17-20H,4H2,1-3H3/t8-,9+,10+,11+,12-/m1/s1. The monoisotopic (exact) mass is 306 g/mol. The van der Waals surface area contributed by atoms with Crippen LogP contribution in [0, 0.1) is 0 Å². The van der Waals surface area contributed by atoms with Crippen LogP contribution in [0.4, 0.5) is 0 Å². The molecule has 1 fully saturated rings. The van der Waals surface area contributed by atoms with E-state index in [0.717, 1.165) is 13.8 Å². The van der Waals surface area contributed by atoms with Crippen LogP contribution in [-0.4, -0.2) is 78.7 Å². The molecule has 0 bridgehead atoms. The number of hydrogen-bond acceptors (Lipinski definition) is 9. The second-order valence-electron chi connectivity index (χ2n) is 5.07. The molecule has 1 aliphatic rings. The Labute approximate surface area is 119 Å². The fourth-order valence-corrected chi connectivity index (χ4v) is 2.55. The van der Waals surface area contributed by atoms with Crippen LogP contribution in [0.3, 0.4) is 0 Å². The van der Waals surface area contributed by atoms with E-state index in [1.807, 2.05) is 0 Å². The molecule has 5 atom stereocenters. The molecule has 21 heavy (non-hydrogen) atoms. The zero-order valence-corrected chi connectivity index (χ0v) is 11.7. The average molecular weight is 306 g/mol. The summed E-state index contributed by atoms with van der Waals surface area (Å²) in [5, 5.41) is 50.2. The highest BCUT2D eigenvalue weighted by atomic mass is 16.7. The van der Waals surface area contributed by atoms with E-state index in [0.29, 0.717) is 6.92 Å². The van der Waals surface area contributed by atoms with Gasteiger partial charge in [-0.25, -0.2) is 0 Å². The molecular weight excluding hydrogens is 288 g/mol. The van der Waals surface area contributed by atoms with Gasteiger partial charge in [0.25, 0.3) is 5.79 Å². The van der Waals surface area contributed by atoms with Crippen molar-refractivity contribution in [1.29, 1.82) is 0 Å². The van der Waals surface area contributed by atoms with E-state index in [1.165, 1.54) is 0 Å². The molecule has 0 aromatic carbocycles. The van der Waals surface area contributed by atoms with Gasteiger partial charge in [0.05, 0.1) is 6.61 Å². The first-order valence-electron chi connectivity index (χ1n) is 6.08. The van der Waals surface area contributed by atoms with Crippen LogP contribution >= 0.6 is 0 Å². The van der Waals surface area contributed by atoms with Crippen molar-refractivity contribution in [2.75, 3.05) is 6.61 Å². The Morgan fingerprint density at radius 2 is 1.48 bits per heavy atom. The number of ketones is 3. The Bertz CT molecular complexity index is 489. The predicted molar refractivity (Wildman–Crippen MR) is 64.9 cm³/mol. The van der Waals surface area contributed by atoms with Crippen molar-refractivity contribution in [1.82, 2.24) is 0 Å². The Kier molecular flexibility index (Phi) is 4.41. The quantitative estimate of drug-likeness (QED) is 0.357. The minimum atomic E-state index is -3.43. The van der Waals surface area contributed by atoms with Gasteiger partial charge in [0.15, 0.2) is 23.0 Å². The van der Waals surface area contributed by atoms with Crippen LogP contribution in [-0.2, 0) is 19.1 Å². The maximum atomic E-state index is 11.8. The third-order valence-electron chi connectivity index (χ3n) is 3.85. The summed E-state index contributed by atoms with van der Waals surface area (Å²) in [7, 11) is 0. The summed E-state index contributed by atoms with van der Waals surface area (Å²) < 4.78 is 4.74. The number of aliphatic hydroxyl groups excluding tert-OH is 2. The molecule has 0 radical (unpaired) electrons. The Morgan fingerprint density at radius 1 is 1.00 bits per heavy atom. The topological polar surface area (TPSA) is 162 Å². The lowest BCUT2D eigenvalue weighted by molar-refractivity contribution is -0.374. The third kappa shape index (κ3) is 1.97. The maximum Gasteiger partial charge on any atom is 0.267 e. The molecule has 9 heteroatoms. The Morgan fingerprint density at radius 3 is 1.76 bits per heavy atom. The van der Waals surface area contributed by atoms with Gasteiger partial charge in [-0.05, 0) is 13.8 Å². The number of ether oxygens (including phenoxy) is 1. The summed E-state index contributed by atoms with van der Waals surface area (Å²) in [6.45, 7) is 1.22. The number of hydrogen-bond donors (Lipinski definition) is 5. The molecule has 5 N–H and O–H groups in total. The van der Waals surface area contributed by atoms with Crippen LogP contribution < -0.4 is 0 Å². The average Bonchev–Trinajstić information content (AvgIpc) is 2.39. The zero-order chi connectivity index (χ0) is 16.8. The summed E-state index contributed by atoms with van der Waals surface area (Å²) in [4.78, 5) is 35.2. The lowest BCUT2D eigenvalue weighted by Crippen LogP contribution is -2.85. The van der Waals surface area contributed by atoms with Crippen molar-refractivity contribution >= 4 is 17.3 Å². The van der Waals surface area contributed by atoms with Crippen LogP contribution in [0.25, 0.3) is 0 Å². The molecule has 1 saturated heterocycles.